The molecule has 4 nitrogen and oxygen atoms in total. The number of rotatable bonds is 2. The number of hydrogen-bond donors (Lipinski definition) is 0. The summed E-state index contributed by atoms with van der Waals surface area (Å²) in [4.78, 5) is -1.22. The van der Waals surface area contributed by atoms with Crippen molar-refractivity contribution in [1.82, 2.24) is 0 Å². The van der Waals surface area contributed by atoms with Gasteiger partial charge in [-0.2, -0.15) is 0 Å². The molecule has 0 heterocycles. The predicted octanol–water partition coefficient (Wildman–Crippen LogP) is 2.85. The summed E-state index contributed by atoms with van der Waals surface area (Å²) >= 11 is 11.1. The fourth-order valence-electron chi connectivity index (χ4n) is 0.895. The molecule has 0 amide bonds. The van der Waals surface area contributed by atoms with Gasteiger partial charge in [0.15, 0.2) is 0 Å². The van der Waals surface area contributed by atoms with E-state index in [0.717, 1.165) is 12.1 Å². The van der Waals surface area contributed by atoms with E-state index in [9.17, 15) is 16.8 Å². The Bertz CT molecular complexity index is 581. The maximum Gasteiger partial charge on any atom is 0.262 e. The first-order valence-electron chi connectivity index (χ1n) is 3.42. The number of benzene rings is 1. The molecule has 0 aromatic heterocycles. The van der Waals surface area contributed by atoms with Gasteiger partial charge in [-0.1, -0.05) is 23.2 Å². The van der Waals surface area contributed by atoms with Gasteiger partial charge in [-0.25, -0.2) is 16.8 Å². The standard InChI is InChI=1S/C6H2Cl4O4S2/c7-3-1-4(15(9,11)12)6(8)5(2-3)16(10,13)14/h1-2H. The Morgan fingerprint density at radius 1 is 0.812 bits per heavy atom. The van der Waals surface area contributed by atoms with Crippen molar-refractivity contribution in [1.29, 1.82) is 0 Å². The molecular formula is C6H2Cl4O4S2. The maximum atomic E-state index is 11.1. The minimum absolute atomic E-state index is 0.164. The molecule has 0 bridgehead atoms. The van der Waals surface area contributed by atoms with Crippen molar-refractivity contribution in [2.45, 2.75) is 9.79 Å². The van der Waals surface area contributed by atoms with E-state index in [0.29, 0.717) is 0 Å². The molecular weight excluding hydrogens is 342 g/mol. The summed E-state index contributed by atoms with van der Waals surface area (Å²) in [5, 5.41) is -0.753. The van der Waals surface area contributed by atoms with Crippen LogP contribution in [0.15, 0.2) is 21.9 Å². The molecule has 0 N–H and O–H groups in total. The first kappa shape index (κ1) is 14.3. The summed E-state index contributed by atoms with van der Waals surface area (Å²) < 4.78 is 44.3. The summed E-state index contributed by atoms with van der Waals surface area (Å²) in [7, 11) is 1.69. The molecule has 0 radical (unpaired) electrons. The van der Waals surface area contributed by atoms with E-state index >= 15 is 0 Å². The third-order valence-electron chi connectivity index (χ3n) is 1.50. The molecule has 0 fully saturated rings. The highest BCUT2D eigenvalue weighted by molar-refractivity contribution is 8.14. The van der Waals surface area contributed by atoms with E-state index in [1.165, 1.54) is 0 Å². The molecule has 0 saturated heterocycles. The molecule has 0 atom stereocenters. The van der Waals surface area contributed by atoms with Gasteiger partial charge in [-0.05, 0) is 12.1 Å². The Labute approximate surface area is 111 Å². The van der Waals surface area contributed by atoms with Crippen LogP contribution in [0.25, 0.3) is 0 Å². The Balaban J connectivity index is 3.78. The number of hydrogen-bond acceptors (Lipinski definition) is 4. The van der Waals surface area contributed by atoms with Crippen LogP contribution in [0, 0.1) is 0 Å². The lowest BCUT2D eigenvalue weighted by Crippen LogP contribution is -1.99. The molecule has 0 spiro atoms. The van der Waals surface area contributed by atoms with Gasteiger partial charge in [0, 0.05) is 26.4 Å². The van der Waals surface area contributed by atoms with Crippen LogP contribution in [0.5, 0.6) is 0 Å². The highest BCUT2D eigenvalue weighted by Gasteiger charge is 2.24. The molecule has 1 aromatic rings. The Morgan fingerprint density at radius 3 is 1.38 bits per heavy atom. The summed E-state index contributed by atoms with van der Waals surface area (Å²) in [5.41, 5.74) is 0. The van der Waals surface area contributed by atoms with Crippen molar-refractivity contribution in [2.24, 2.45) is 0 Å². The third kappa shape index (κ3) is 3.15. The highest BCUT2D eigenvalue weighted by atomic mass is 35.7. The fourth-order valence-corrected chi connectivity index (χ4v) is 4.18. The molecule has 0 aliphatic carbocycles. The molecule has 0 aliphatic rings. The van der Waals surface area contributed by atoms with E-state index in [1.54, 1.807) is 0 Å². The van der Waals surface area contributed by atoms with E-state index in [2.05, 4.69) is 0 Å². The maximum absolute atomic E-state index is 11.1. The first-order chi connectivity index (χ1) is 7.03. The first-order valence-corrected chi connectivity index (χ1v) is 8.79. The zero-order valence-electron chi connectivity index (χ0n) is 7.12. The average Bonchev–Trinajstić information content (AvgIpc) is 2.04. The molecule has 1 aromatic carbocycles. The van der Waals surface area contributed by atoms with Crippen LogP contribution < -0.4 is 0 Å². The van der Waals surface area contributed by atoms with Gasteiger partial charge >= 0.3 is 0 Å². The zero-order valence-corrected chi connectivity index (χ0v) is 11.8. The topological polar surface area (TPSA) is 68.3 Å². The Morgan fingerprint density at radius 2 is 1.12 bits per heavy atom. The fraction of sp³-hybridized carbons (Fsp3) is 0. The largest absolute Gasteiger partial charge is 0.262 e. The van der Waals surface area contributed by atoms with Gasteiger partial charge in [-0.15, -0.1) is 0 Å². The lowest BCUT2D eigenvalue weighted by molar-refractivity contribution is 0.608. The van der Waals surface area contributed by atoms with Crippen LogP contribution in [0.4, 0.5) is 0 Å². The minimum atomic E-state index is -4.21. The second-order valence-electron chi connectivity index (χ2n) is 2.59. The van der Waals surface area contributed by atoms with Crippen LogP contribution >= 0.6 is 44.6 Å². The van der Waals surface area contributed by atoms with Crippen molar-refractivity contribution in [3.05, 3.63) is 22.2 Å². The average molecular weight is 344 g/mol. The third-order valence-corrected chi connectivity index (χ3v) is 5.04. The van der Waals surface area contributed by atoms with E-state index in [-0.39, 0.29) is 5.02 Å². The molecule has 10 heteroatoms. The van der Waals surface area contributed by atoms with E-state index < -0.39 is 32.9 Å². The Kier molecular flexibility index (Phi) is 4.04. The minimum Gasteiger partial charge on any atom is -0.207 e. The summed E-state index contributed by atoms with van der Waals surface area (Å²) in [5.74, 6) is 0. The quantitative estimate of drug-likeness (QED) is 0.774. The van der Waals surface area contributed by atoms with Crippen molar-refractivity contribution in [3.8, 4) is 0 Å². The van der Waals surface area contributed by atoms with Crippen molar-refractivity contribution >= 4 is 62.7 Å². The van der Waals surface area contributed by atoms with Gasteiger partial charge in [0.2, 0.25) is 0 Å². The van der Waals surface area contributed by atoms with Gasteiger partial charge in [0.25, 0.3) is 18.1 Å². The summed E-state index contributed by atoms with van der Waals surface area (Å²) in [6, 6.07) is 1.86. The van der Waals surface area contributed by atoms with Gasteiger partial charge in [0.05, 0.1) is 5.02 Å². The van der Waals surface area contributed by atoms with Crippen molar-refractivity contribution in [3.63, 3.8) is 0 Å². The van der Waals surface area contributed by atoms with Crippen molar-refractivity contribution in [2.75, 3.05) is 0 Å². The number of halogens is 4. The van der Waals surface area contributed by atoms with Crippen LogP contribution in [0.3, 0.4) is 0 Å². The van der Waals surface area contributed by atoms with Gasteiger partial charge < -0.3 is 0 Å². The Hall–Kier alpha value is 0.280. The molecule has 90 valence electrons. The summed E-state index contributed by atoms with van der Waals surface area (Å²) in [6.45, 7) is 0. The lowest BCUT2D eigenvalue weighted by atomic mass is 10.4. The normalized spacial score (nSPS) is 12.8. The van der Waals surface area contributed by atoms with E-state index in [1.807, 2.05) is 0 Å². The van der Waals surface area contributed by atoms with Gasteiger partial charge in [-0.3, -0.25) is 0 Å². The molecule has 16 heavy (non-hydrogen) atoms. The second kappa shape index (κ2) is 4.51. The lowest BCUT2D eigenvalue weighted by Gasteiger charge is -2.05. The highest BCUT2D eigenvalue weighted by Crippen LogP contribution is 2.35. The van der Waals surface area contributed by atoms with Gasteiger partial charge in [0.1, 0.15) is 9.79 Å². The monoisotopic (exact) mass is 342 g/mol. The van der Waals surface area contributed by atoms with Crippen LogP contribution in [-0.4, -0.2) is 16.8 Å². The molecule has 0 aliphatic heterocycles. The van der Waals surface area contributed by atoms with Crippen molar-refractivity contribution < 1.29 is 16.8 Å². The molecule has 0 unspecified atom stereocenters. The van der Waals surface area contributed by atoms with Crippen LogP contribution in [0.2, 0.25) is 10.0 Å². The predicted molar refractivity (Wildman–Crippen MR) is 62.5 cm³/mol. The molecule has 1 rings (SSSR count). The zero-order chi connectivity index (χ0) is 12.7. The van der Waals surface area contributed by atoms with E-state index in [4.69, 9.17) is 44.6 Å². The SMILES string of the molecule is O=S(=O)(Cl)c1cc(Cl)cc(S(=O)(=O)Cl)c1Cl. The van der Waals surface area contributed by atoms with Crippen LogP contribution in [0.1, 0.15) is 0 Å². The molecule has 0 saturated carbocycles. The smallest absolute Gasteiger partial charge is 0.207 e. The summed E-state index contributed by atoms with van der Waals surface area (Å²) in [6.07, 6.45) is 0. The second-order valence-corrected chi connectivity index (χ2v) is 8.47. The van der Waals surface area contributed by atoms with Crippen LogP contribution in [-0.2, 0) is 18.1 Å².